The molecule has 0 saturated carbocycles. The molecule has 0 saturated heterocycles. The summed E-state index contributed by atoms with van der Waals surface area (Å²) in [5.41, 5.74) is 1.61. The van der Waals surface area contributed by atoms with Gasteiger partial charge in [-0.05, 0) is 29.3 Å². The van der Waals surface area contributed by atoms with E-state index in [1.807, 2.05) is 0 Å². The van der Waals surface area contributed by atoms with Crippen molar-refractivity contribution >= 4 is 15.5 Å². The molecule has 8 heteroatoms. The molecule has 0 heterocycles. The molecule has 0 unspecified atom stereocenters. The number of sulfone groups is 1. The standard InChI is InChI=1S/C16H18N2O5S/c1-23-16-8-5-13(9-15(16)18(19)20)11-17-10-12-3-6-14(7-4-12)24(2,21)22/h3-9,17H,10-11H2,1-2H3. The number of rotatable bonds is 7. The minimum Gasteiger partial charge on any atom is -0.490 e. The topological polar surface area (TPSA) is 98.5 Å². The van der Waals surface area contributed by atoms with Crippen LogP contribution in [-0.4, -0.2) is 26.7 Å². The van der Waals surface area contributed by atoms with Crippen molar-refractivity contribution in [3.8, 4) is 5.75 Å². The first-order valence-electron chi connectivity index (χ1n) is 7.12. The Labute approximate surface area is 140 Å². The fraction of sp³-hybridized carbons (Fsp3) is 0.250. The highest BCUT2D eigenvalue weighted by Crippen LogP contribution is 2.27. The van der Waals surface area contributed by atoms with Gasteiger partial charge in [0, 0.05) is 25.4 Å². The van der Waals surface area contributed by atoms with Crippen LogP contribution in [0.2, 0.25) is 0 Å². The van der Waals surface area contributed by atoms with E-state index in [-0.39, 0.29) is 16.3 Å². The lowest BCUT2D eigenvalue weighted by molar-refractivity contribution is -0.385. The van der Waals surface area contributed by atoms with Gasteiger partial charge in [-0.25, -0.2) is 8.42 Å². The van der Waals surface area contributed by atoms with E-state index in [9.17, 15) is 18.5 Å². The van der Waals surface area contributed by atoms with Gasteiger partial charge in [0.2, 0.25) is 0 Å². The van der Waals surface area contributed by atoms with Gasteiger partial charge < -0.3 is 10.1 Å². The van der Waals surface area contributed by atoms with E-state index in [1.54, 1.807) is 36.4 Å². The van der Waals surface area contributed by atoms with E-state index in [2.05, 4.69) is 5.32 Å². The third-order valence-electron chi connectivity index (χ3n) is 3.45. The number of nitro benzene ring substituents is 1. The molecule has 24 heavy (non-hydrogen) atoms. The summed E-state index contributed by atoms with van der Waals surface area (Å²) in [5, 5.41) is 14.2. The molecule has 0 aliphatic carbocycles. The zero-order chi connectivity index (χ0) is 17.7. The number of ether oxygens (including phenoxy) is 1. The van der Waals surface area contributed by atoms with Gasteiger partial charge in [-0.1, -0.05) is 18.2 Å². The maximum Gasteiger partial charge on any atom is 0.311 e. The largest absolute Gasteiger partial charge is 0.490 e. The van der Waals surface area contributed by atoms with Crippen LogP contribution in [-0.2, 0) is 22.9 Å². The number of nitrogens with zero attached hydrogens (tertiary/aromatic N) is 1. The molecule has 0 aliphatic heterocycles. The van der Waals surface area contributed by atoms with E-state index < -0.39 is 14.8 Å². The van der Waals surface area contributed by atoms with Crippen LogP contribution in [0.25, 0.3) is 0 Å². The van der Waals surface area contributed by atoms with Crippen molar-refractivity contribution in [2.24, 2.45) is 0 Å². The Hall–Kier alpha value is -2.45. The van der Waals surface area contributed by atoms with Crippen LogP contribution in [0.4, 0.5) is 5.69 Å². The number of nitro groups is 1. The van der Waals surface area contributed by atoms with Gasteiger partial charge in [0.1, 0.15) is 0 Å². The summed E-state index contributed by atoms with van der Waals surface area (Å²) in [6.45, 7) is 0.961. The van der Waals surface area contributed by atoms with Crippen molar-refractivity contribution < 1.29 is 18.1 Å². The van der Waals surface area contributed by atoms with Gasteiger partial charge in [-0.3, -0.25) is 10.1 Å². The van der Waals surface area contributed by atoms with Crippen molar-refractivity contribution in [3.63, 3.8) is 0 Å². The number of nitrogens with one attached hydrogen (secondary N) is 1. The molecule has 0 fully saturated rings. The van der Waals surface area contributed by atoms with Crippen molar-refractivity contribution in [1.29, 1.82) is 0 Å². The molecule has 0 bridgehead atoms. The van der Waals surface area contributed by atoms with Crippen LogP contribution in [0.15, 0.2) is 47.4 Å². The van der Waals surface area contributed by atoms with Gasteiger partial charge >= 0.3 is 5.69 Å². The predicted octanol–water partition coefficient (Wildman–Crippen LogP) is 2.30. The van der Waals surface area contributed by atoms with E-state index in [4.69, 9.17) is 4.74 Å². The van der Waals surface area contributed by atoms with Crippen molar-refractivity contribution in [2.75, 3.05) is 13.4 Å². The molecular formula is C16H18N2O5S. The quantitative estimate of drug-likeness (QED) is 0.608. The molecule has 1 N–H and O–H groups in total. The van der Waals surface area contributed by atoms with Gasteiger partial charge in [-0.2, -0.15) is 0 Å². The Balaban J connectivity index is 1.99. The lowest BCUT2D eigenvalue weighted by atomic mass is 10.1. The molecule has 0 aromatic heterocycles. The first-order valence-corrected chi connectivity index (χ1v) is 9.01. The smallest absolute Gasteiger partial charge is 0.311 e. The van der Waals surface area contributed by atoms with Gasteiger partial charge in [0.05, 0.1) is 16.9 Å². The number of hydrogen-bond acceptors (Lipinski definition) is 6. The van der Waals surface area contributed by atoms with Crippen molar-refractivity contribution in [3.05, 3.63) is 63.7 Å². The summed E-state index contributed by atoms with van der Waals surface area (Å²) in [6.07, 6.45) is 1.16. The van der Waals surface area contributed by atoms with Crippen LogP contribution in [0.1, 0.15) is 11.1 Å². The Bertz CT molecular complexity index is 832. The monoisotopic (exact) mass is 350 g/mol. The summed E-state index contributed by atoms with van der Waals surface area (Å²) in [5.74, 6) is 0.222. The summed E-state index contributed by atoms with van der Waals surface area (Å²) in [6, 6.07) is 11.4. The van der Waals surface area contributed by atoms with Crippen molar-refractivity contribution in [2.45, 2.75) is 18.0 Å². The minimum absolute atomic E-state index is 0.0747. The Morgan fingerprint density at radius 3 is 2.21 bits per heavy atom. The molecule has 0 spiro atoms. The predicted molar refractivity (Wildman–Crippen MR) is 89.7 cm³/mol. The second-order valence-electron chi connectivity index (χ2n) is 5.28. The molecule has 7 nitrogen and oxygen atoms in total. The second-order valence-corrected chi connectivity index (χ2v) is 7.30. The number of benzene rings is 2. The van der Waals surface area contributed by atoms with Crippen LogP contribution >= 0.6 is 0 Å². The maximum absolute atomic E-state index is 11.4. The molecule has 2 rings (SSSR count). The molecule has 0 atom stereocenters. The third-order valence-corrected chi connectivity index (χ3v) is 4.58. The normalized spacial score (nSPS) is 11.2. The lowest BCUT2D eigenvalue weighted by Gasteiger charge is -2.07. The highest BCUT2D eigenvalue weighted by molar-refractivity contribution is 7.90. The highest BCUT2D eigenvalue weighted by Gasteiger charge is 2.14. The molecule has 2 aromatic carbocycles. The zero-order valence-electron chi connectivity index (χ0n) is 13.4. The van der Waals surface area contributed by atoms with E-state index >= 15 is 0 Å². The van der Waals surface area contributed by atoms with Gasteiger partial charge in [0.15, 0.2) is 15.6 Å². The van der Waals surface area contributed by atoms with Crippen LogP contribution < -0.4 is 10.1 Å². The van der Waals surface area contributed by atoms with E-state index in [0.717, 1.165) is 17.4 Å². The average molecular weight is 350 g/mol. The lowest BCUT2D eigenvalue weighted by Crippen LogP contribution is -2.13. The van der Waals surface area contributed by atoms with E-state index in [0.29, 0.717) is 13.1 Å². The summed E-state index contributed by atoms with van der Waals surface area (Å²) >= 11 is 0. The molecule has 128 valence electrons. The van der Waals surface area contributed by atoms with E-state index in [1.165, 1.54) is 13.2 Å². The van der Waals surface area contributed by atoms with Gasteiger partial charge in [0.25, 0.3) is 0 Å². The van der Waals surface area contributed by atoms with Gasteiger partial charge in [-0.15, -0.1) is 0 Å². The second kappa shape index (κ2) is 7.41. The Morgan fingerprint density at radius 2 is 1.67 bits per heavy atom. The zero-order valence-corrected chi connectivity index (χ0v) is 14.2. The molecular weight excluding hydrogens is 332 g/mol. The fourth-order valence-electron chi connectivity index (χ4n) is 2.19. The Kier molecular flexibility index (Phi) is 5.53. The molecule has 0 aliphatic rings. The molecule has 0 amide bonds. The van der Waals surface area contributed by atoms with Crippen LogP contribution in [0.3, 0.4) is 0 Å². The average Bonchev–Trinajstić information content (AvgIpc) is 2.54. The first-order chi connectivity index (χ1) is 11.3. The summed E-state index contributed by atoms with van der Waals surface area (Å²) < 4.78 is 27.8. The minimum atomic E-state index is -3.20. The SMILES string of the molecule is COc1ccc(CNCc2ccc(S(C)(=O)=O)cc2)cc1[N+](=O)[O-]. The molecule has 2 aromatic rings. The van der Waals surface area contributed by atoms with Crippen molar-refractivity contribution in [1.82, 2.24) is 5.32 Å². The number of hydrogen-bond donors (Lipinski definition) is 1. The Morgan fingerprint density at radius 1 is 1.08 bits per heavy atom. The highest BCUT2D eigenvalue weighted by atomic mass is 32.2. The number of methoxy groups -OCH3 is 1. The maximum atomic E-state index is 11.4. The summed E-state index contributed by atoms with van der Waals surface area (Å²) in [4.78, 5) is 10.8. The third kappa shape index (κ3) is 4.53. The fourth-order valence-corrected chi connectivity index (χ4v) is 2.82. The van der Waals surface area contributed by atoms with Crippen LogP contribution in [0.5, 0.6) is 5.75 Å². The summed E-state index contributed by atoms with van der Waals surface area (Å²) in [7, 11) is -1.81. The first kappa shape index (κ1) is 17.9. The van der Waals surface area contributed by atoms with Crippen LogP contribution in [0, 0.1) is 10.1 Å². The molecule has 0 radical (unpaired) electrons.